The first-order valence-electron chi connectivity index (χ1n) is 7.35. The van der Waals surface area contributed by atoms with Crippen molar-refractivity contribution in [3.8, 4) is 0 Å². The van der Waals surface area contributed by atoms with Crippen molar-refractivity contribution in [2.75, 3.05) is 20.7 Å². The molecule has 0 radical (unpaired) electrons. The normalized spacial score (nSPS) is 28.0. The number of nitrogens with zero attached hydrogens (tertiary/aromatic N) is 4. The molecule has 14 heteroatoms. The van der Waals surface area contributed by atoms with Gasteiger partial charge in [-0.15, -0.1) is 10.2 Å². The minimum Gasteiger partial charge on any atom is -0.344 e. The van der Waals surface area contributed by atoms with Crippen LogP contribution >= 0.6 is 31.3 Å². The molecule has 4 N–H and O–H groups in total. The topological polar surface area (TPSA) is 156 Å². The lowest BCUT2D eigenvalue weighted by Crippen LogP contribution is -2.32. The third-order valence-corrected chi connectivity index (χ3v) is 6.49. The van der Waals surface area contributed by atoms with Crippen molar-refractivity contribution in [3.63, 3.8) is 0 Å². The summed E-state index contributed by atoms with van der Waals surface area (Å²) in [5.41, 5.74) is -0.472. The molecule has 0 aromatic carbocycles. The molecule has 3 unspecified atom stereocenters. The first-order valence-corrected chi connectivity index (χ1v) is 10.6. The molecule has 0 saturated carbocycles. The van der Waals surface area contributed by atoms with Crippen molar-refractivity contribution in [1.29, 1.82) is 0 Å². The Hall–Kier alpha value is -1.21. The van der Waals surface area contributed by atoms with E-state index in [2.05, 4.69) is 21.3 Å². The maximum absolute atomic E-state index is 12.2. The van der Waals surface area contributed by atoms with E-state index >= 15 is 0 Å². The molecule has 2 amide bonds. The van der Waals surface area contributed by atoms with Crippen LogP contribution in [-0.2, 0) is 23.2 Å². The second kappa shape index (κ2) is 9.32. The molecule has 2 fully saturated rings. The molecule has 0 aliphatic carbocycles. The lowest BCUT2D eigenvalue weighted by atomic mass is 10.3. The van der Waals surface area contributed by atoms with Crippen molar-refractivity contribution in [2.45, 2.75) is 24.5 Å². The molecule has 2 aliphatic rings. The predicted molar refractivity (Wildman–Crippen MR) is 106 cm³/mol. The molecule has 3 atom stereocenters. The lowest BCUT2D eigenvalue weighted by Gasteiger charge is -2.15. The van der Waals surface area contributed by atoms with E-state index in [9.17, 15) is 19.0 Å². The zero-order chi connectivity index (χ0) is 19.6. The van der Waals surface area contributed by atoms with Gasteiger partial charge in [0.25, 0.3) is 5.91 Å². The van der Waals surface area contributed by atoms with Crippen molar-refractivity contribution < 1.29 is 28.1 Å². The van der Waals surface area contributed by atoms with Gasteiger partial charge in [0.1, 0.15) is 0 Å². The summed E-state index contributed by atoms with van der Waals surface area (Å²) in [6.45, 7) is 7.69. The predicted octanol–water partition coefficient (Wildman–Crippen LogP) is 1.61. The number of likely N-dealkylation sites (N-methyl/N-ethyl adjacent to an activating group) is 1. The summed E-state index contributed by atoms with van der Waals surface area (Å²) in [5.74, 6) is -0.662. The van der Waals surface area contributed by atoms with Crippen LogP contribution in [0.2, 0.25) is 0 Å². The second-order valence-electron chi connectivity index (χ2n) is 5.51. The molecule has 27 heavy (non-hydrogen) atoms. The molecule has 2 heterocycles. The lowest BCUT2D eigenvalue weighted by molar-refractivity contribution is -0.129. The van der Waals surface area contributed by atoms with Gasteiger partial charge in [-0.3, -0.25) is 28.4 Å². The van der Waals surface area contributed by atoms with Gasteiger partial charge in [0.2, 0.25) is 11.3 Å². The number of amides is 2. The zero-order valence-electron chi connectivity index (χ0n) is 15.3. The van der Waals surface area contributed by atoms with Gasteiger partial charge in [-0.05, 0) is 25.6 Å². The summed E-state index contributed by atoms with van der Waals surface area (Å²) in [6.07, 6.45) is 0. The van der Waals surface area contributed by atoms with Crippen LogP contribution in [0.4, 0.5) is 0 Å². The van der Waals surface area contributed by atoms with Crippen molar-refractivity contribution >= 4 is 53.5 Å². The van der Waals surface area contributed by atoms with Gasteiger partial charge in [0.15, 0.2) is 10.3 Å². The standard InChI is InChI=1S/C13H19N4O6PS2.H3N/c1-7(2)6-17-9(18)8(3)25-13(17)15-14-12-16(4)10(19)11(26-12)23-24(20,21)22-5;/h8,11H,1,6H2,2-5H3,(H,20,21);1H3. The molecular formula is C13H22N5O6PS2. The fraction of sp³-hybridized carbons (Fsp3) is 0.538. The van der Waals surface area contributed by atoms with Crippen LogP contribution in [0.5, 0.6) is 0 Å². The molecule has 152 valence electrons. The number of thioether (sulfide) groups is 2. The number of carbonyl (C=O) groups is 2. The Morgan fingerprint density at radius 3 is 2.44 bits per heavy atom. The van der Waals surface area contributed by atoms with E-state index in [-0.39, 0.29) is 22.5 Å². The van der Waals surface area contributed by atoms with Crippen LogP contribution < -0.4 is 6.15 Å². The summed E-state index contributed by atoms with van der Waals surface area (Å²) >= 11 is 2.08. The van der Waals surface area contributed by atoms with Gasteiger partial charge in [-0.2, -0.15) is 0 Å². The monoisotopic (exact) mass is 439 g/mol. The number of hydrogen-bond donors (Lipinski definition) is 2. The summed E-state index contributed by atoms with van der Waals surface area (Å²) in [6, 6.07) is 0. The van der Waals surface area contributed by atoms with Crippen LogP contribution in [0.25, 0.3) is 0 Å². The van der Waals surface area contributed by atoms with E-state index < -0.39 is 19.2 Å². The maximum Gasteiger partial charge on any atom is 0.473 e. The molecule has 0 aromatic rings. The highest BCUT2D eigenvalue weighted by atomic mass is 32.2. The van der Waals surface area contributed by atoms with E-state index in [0.29, 0.717) is 11.7 Å². The summed E-state index contributed by atoms with van der Waals surface area (Å²) in [7, 11) is -1.88. The minimum atomic E-state index is -4.32. The Morgan fingerprint density at radius 2 is 1.89 bits per heavy atom. The zero-order valence-corrected chi connectivity index (χ0v) is 17.8. The van der Waals surface area contributed by atoms with Crippen LogP contribution in [-0.4, -0.2) is 68.2 Å². The molecule has 2 saturated heterocycles. The van der Waals surface area contributed by atoms with Gasteiger partial charge in [-0.25, -0.2) is 4.57 Å². The van der Waals surface area contributed by atoms with Gasteiger partial charge >= 0.3 is 7.82 Å². The number of rotatable bonds is 6. The average Bonchev–Trinajstić information content (AvgIpc) is 2.97. The van der Waals surface area contributed by atoms with Gasteiger partial charge in [0, 0.05) is 20.7 Å². The summed E-state index contributed by atoms with van der Waals surface area (Å²) < 4.78 is 20.6. The summed E-state index contributed by atoms with van der Waals surface area (Å²) in [5, 5.41) is 8.36. The van der Waals surface area contributed by atoms with Crippen LogP contribution in [0.3, 0.4) is 0 Å². The number of amidine groups is 2. The molecular weight excluding hydrogens is 417 g/mol. The third kappa shape index (κ3) is 5.64. The Labute approximate surface area is 165 Å². The number of phosphoric acid groups is 1. The summed E-state index contributed by atoms with van der Waals surface area (Å²) in [4.78, 5) is 36.3. The molecule has 0 spiro atoms. The van der Waals surface area contributed by atoms with E-state index in [1.54, 1.807) is 13.8 Å². The van der Waals surface area contributed by atoms with Crippen LogP contribution in [0, 0.1) is 0 Å². The highest BCUT2D eigenvalue weighted by Crippen LogP contribution is 2.47. The van der Waals surface area contributed by atoms with Crippen molar-refractivity contribution in [3.05, 3.63) is 12.2 Å². The highest BCUT2D eigenvalue weighted by Gasteiger charge is 2.42. The van der Waals surface area contributed by atoms with Crippen molar-refractivity contribution in [2.24, 2.45) is 10.2 Å². The number of carbonyl (C=O) groups excluding carboxylic acids is 2. The van der Waals surface area contributed by atoms with Gasteiger partial charge in [-0.1, -0.05) is 23.9 Å². The second-order valence-corrected chi connectivity index (χ2v) is 9.36. The highest BCUT2D eigenvalue weighted by molar-refractivity contribution is 8.16. The van der Waals surface area contributed by atoms with Crippen LogP contribution in [0.15, 0.2) is 22.4 Å². The fourth-order valence-electron chi connectivity index (χ4n) is 1.96. The minimum absolute atomic E-state index is 0. The maximum atomic E-state index is 12.2. The Kier molecular flexibility index (Phi) is 8.23. The van der Waals surface area contributed by atoms with Gasteiger partial charge in [0.05, 0.1) is 5.25 Å². The average molecular weight is 439 g/mol. The Morgan fingerprint density at radius 1 is 1.30 bits per heavy atom. The first kappa shape index (κ1) is 23.8. The quantitative estimate of drug-likeness (QED) is 0.356. The van der Waals surface area contributed by atoms with E-state index in [1.165, 1.54) is 23.7 Å². The van der Waals surface area contributed by atoms with Gasteiger partial charge < -0.3 is 11.0 Å². The molecule has 0 bridgehead atoms. The fourth-order valence-corrected chi connectivity index (χ4v) is 4.58. The molecule has 2 aliphatic heterocycles. The van der Waals surface area contributed by atoms with E-state index in [1.807, 2.05) is 0 Å². The SMILES string of the molecule is C=C(C)CN1C(=O)C(C)SC1=NN=C1SC(OP(=O)(O)OC)C(=O)N1C.N. The first-order chi connectivity index (χ1) is 12.1. The number of hydrogen-bond acceptors (Lipinski definition) is 10. The van der Waals surface area contributed by atoms with E-state index in [0.717, 1.165) is 29.3 Å². The van der Waals surface area contributed by atoms with Crippen LogP contribution in [0.1, 0.15) is 13.8 Å². The Balaban J connectivity index is 0.00000364. The Bertz CT molecular complexity index is 745. The van der Waals surface area contributed by atoms with E-state index in [4.69, 9.17) is 4.52 Å². The molecule has 2 rings (SSSR count). The smallest absolute Gasteiger partial charge is 0.344 e. The largest absolute Gasteiger partial charge is 0.473 e. The molecule has 11 nitrogen and oxygen atoms in total. The van der Waals surface area contributed by atoms with Crippen molar-refractivity contribution in [1.82, 2.24) is 16.0 Å². The number of phosphoric ester groups is 1. The molecule has 0 aromatic heterocycles. The third-order valence-electron chi connectivity index (χ3n) is 3.27.